The number of nitrogen functional groups attached to an aromatic ring is 3. The number of fused-ring (bicyclic) bond motifs is 3. The molecule has 27 nitrogen and oxygen atoms in total. The van der Waals surface area contributed by atoms with Gasteiger partial charge in [0.1, 0.15) is 60.2 Å². The first kappa shape index (κ1) is 90.7. The highest BCUT2D eigenvalue weighted by Gasteiger charge is 2.42. The molecule has 0 saturated carbocycles. The Labute approximate surface area is 722 Å². The Morgan fingerprint density at radius 2 is 0.952 bits per heavy atom. The highest BCUT2D eigenvalue weighted by molar-refractivity contribution is 6.35. The number of nitrogens with two attached hydrogens (primary N) is 3. The first-order valence-corrected chi connectivity index (χ1v) is 41.2. The number of hydrogen-bond donors (Lipinski definition) is 4. The van der Waals surface area contributed by atoms with E-state index in [1.165, 1.54) is 43.4 Å². The molecular formula is C84H92Cl3F10N21O6. The van der Waals surface area contributed by atoms with Gasteiger partial charge < -0.3 is 66.1 Å². The second-order valence-electron chi connectivity index (χ2n) is 31.6. The molecule has 6 fully saturated rings. The van der Waals surface area contributed by atoms with Crippen LogP contribution in [-0.2, 0) is 32.9 Å². The van der Waals surface area contributed by atoms with E-state index in [4.69, 9.17) is 76.2 Å². The van der Waals surface area contributed by atoms with E-state index in [2.05, 4.69) is 83.6 Å². The third-order valence-electron chi connectivity index (χ3n) is 22.7. The van der Waals surface area contributed by atoms with Crippen LogP contribution in [0.5, 0.6) is 18.0 Å². The lowest BCUT2D eigenvalue weighted by Crippen LogP contribution is -2.53. The Hall–Kier alpha value is -11.0. The first-order chi connectivity index (χ1) is 58.8. The van der Waals surface area contributed by atoms with E-state index in [0.717, 1.165) is 75.6 Å². The van der Waals surface area contributed by atoms with Crippen molar-refractivity contribution in [3.63, 3.8) is 0 Å². The highest BCUT2D eigenvalue weighted by Crippen LogP contribution is 2.48. The van der Waals surface area contributed by atoms with Crippen molar-refractivity contribution in [3.8, 4) is 51.8 Å². The summed E-state index contributed by atoms with van der Waals surface area (Å²) in [6, 6.07) is 12.7. The molecule has 0 spiro atoms. The number of likely N-dealkylation sites (N-methyl/N-ethyl adjacent to an activating group) is 2. The Morgan fingerprint density at radius 3 is 1.38 bits per heavy atom. The van der Waals surface area contributed by atoms with Crippen LogP contribution in [0.2, 0.25) is 15.1 Å². The summed E-state index contributed by atoms with van der Waals surface area (Å²) in [6.07, 6.45) is -6.61. The number of halogens is 13. The minimum atomic E-state index is -4.86. The lowest BCUT2D eigenvalue weighted by Gasteiger charge is -2.40. The molecule has 15 rings (SSSR count). The Balaban J connectivity index is 0.000000160. The summed E-state index contributed by atoms with van der Waals surface area (Å²) in [5.41, 5.74) is 12.5. The standard InChI is InChI=1S/C28H30ClF4N7O2.2C28H31ClF3N7O2/c1-4-20(41)39-8-9-40(15(3)12-39)26-17-11-18(29)21(25-22(28(31,32)33)14(2)10-19(34)36-25)23(30)24(17)37-27(38-26)42-13-16-6-5-7-35-16;2*1-4-24(40)38-7-9-39(10-8-38)26-19-12-21(29)18(25-20(28(30,31)32)5-6-23(33)35-25)13-22(19)34-27(36-26)41-15-17-11-16(2)14-37(17)3/h4,10-11,15-16,35H,1,5-9,12-13H2,2-3H3,(H2,34,36);2*4-6,12-13,16-17H,1,7-11,14-15H2,2-3H3,(H2,33,35)/t;16-,17+;/m.1./s1. The van der Waals surface area contributed by atoms with Gasteiger partial charge in [-0.15, -0.1) is 0 Å². The van der Waals surface area contributed by atoms with Gasteiger partial charge in [-0.3, -0.25) is 24.2 Å². The number of nitrogens with one attached hydrogen (secondary N) is 1. The van der Waals surface area contributed by atoms with E-state index >= 15 is 4.39 Å². The average molecular weight is 1790 g/mol. The zero-order valence-electron chi connectivity index (χ0n) is 68.6. The molecule has 0 aliphatic carbocycles. The predicted octanol–water partition coefficient (Wildman–Crippen LogP) is 13.7. The minimum absolute atomic E-state index is 0.0418. The monoisotopic (exact) mass is 1790 g/mol. The maximum Gasteiger partial charge on any atom is 0.418 e. The Bertz CT molecular complexity index is 5340. The van der Waals surface area contributed by atoms with E-state index in [0.29, 0.717) is 130 Å². The van der Waals surface area contributed by atoms with Gasteiger partial charge in [0.05, 0.1) is 65.4 Å². The van der Waals surface area contributed by atoms with Crippen LogP contribution in [0.25, 0.3) is 66.5 Å². The van der Waals surface area contributed by atoms with Gasteiger partial charge >= 0.3 is 36.6 Å². The van der Waals surface area contributed by atoms with Gasteiger partial charge in [0, 0.05) is 137 Å². The van der Waals surface area contributed by atoms with Crippen LogP contribution >= 0.6 is 34.8 Å². The number of hydrogen-bond acceptors (Lipinski definition) is 24. The van der Waals surface area contributed by atoms with Crippen LogP contribution in [0, 0.1) is 24.6 Å². The SMILES string of the molecule is C=CC(=O)N1CCN(c2nc(OCC3CC(C)CN3C)nc3cc(-c4nc(N)ccc4C(F)(F)F)c(Cl)cc23)CC1.C=CC(=O)N1CCN(c2nc(OCC3CCCN3)nc3c(F)c(-c4nc(N)cc(C)c4C(F)(F)F)c(Cl)cc23)C(C)C1.C=CC(=O)N1CCN(c2nc(OC[C@@H]3C[C@@H](C)CN3C)nc3cc(-c4nc(N)ccc4C(F)(F)F)c(Cl)cc23)CC1. The van der Waals surface area contributed by atoms with Gasteiger partial charge in [0.2, 0.25) is 17.7 Å². The van der Waals surface area contributed by atoms with Gasteiger partial charge in [0.15, 0.2) is 5.82 Å². The molecule has 40 heteroatoms. The van der Waals surface area contributed by atoms with E-state index in [1.54, 1.807) is 26.8 Å². The van der Waals surface area contributed by atoms with E-state index in [1.807, 2.05) is 35.7 Å². The van der Waals surface area contributed by atoms with Crippen molar-refractivity contribution in [2.24, 2.45) is 11.8 Å². The number of aryl methyl sites for hydroxylation is 1. The largest absolute Gasteiger partial charge is 0.462 e. The molecule has 6 atom stereocenters. The third kappa shape index (κ3) is 20.2. The van der Waals surface area contributed by atoms with Crippen LogP contribution < -0.4 is 51.4 Å². The molecule has 12 heterocycles. The number of nitrogens with zero attached hydrogens (tertiary/aromatic N) is 17. The Kier molecular flexibility index (Phi) is 27.4. The Morgan fingerprint density at radius 1 is 0.516 bits per heavy atom. The molecule has 7 N–H and O–H groups in total. The maximum absolute atomic E-state index is 16.5. The van der Waals surface area contributed by atoms with E-state index in [9.17, 15) is 53.9 Å². The molecule has 124 heavy (non-hydrogen) atoms. The summed E-state index contributed by atoms with van der Waals surface area (Å²) >= 11 is 19.7. The second kappa shape index (κ2) is 37.4. The van der Waals surface area contributed by atoms with E-state index in [-0.39, 0.29) is 144 Å². The van der Waals surface area contributed by atoms with Crippen molar-refractivity contribution >= 4 is 120 Å². The fraction of sp³-hybridized carbons (Fsp3) is 0.429. The summed E-state index contributed by atoms with van der Waals surface area (Å²) in [6.45, 7) is 26.5. The fourth-order valence-electron chi connectivity index (χ4n) is 16.6. The van der Waals surface area contributed by atoms with Crippen LogP contribution in [0.4, 0.5) is 78.8 Å². The van der Waals surface area contributed by atoms with Crippen molar-refractivity contribution in [1.29, 1.82) is 0 Å². The van der Waals surface area contributed by atoms with Crippen molar-refractivity contribution in [1.82, 2.24) is 74.7 Å². The van der Waals surface area contributed by atoms with Gasteiger partial charge in [-0.25, -0.2) is 19.3 Å². The molecular weight excluding hydrogens is 1700 g/mol. The molecule has 660 valence electrons. The molecule has 3 aromatic carbocycles. The molecule has 6 aliphatic heterocycles. The van der Waals surface area contributed by atoms with Crippen LogP contribution in [0.1, 0.15) is 68.7 Å². The van der Waals surface area contributed by atoms with E-state index < -0.39 is 52.3 Å². The van der Waals surface area contributed by atoms with Gasteiger partial charge in [0.25, 0.3) is 0 Å². The molecule has 0 bridgehead atoms. The zero-order valence-corrected chi connectivity index (χ0v) is 70.9. The van der Waals surface area contributed by atoms with Crippen LogP contribution in [0.3, 0.4) is 0 Å². The molecule has 6 saturated heterocycles. The lowest BCUT2D eigenvalue weighted by atomic mass is 9.99. The zero-order chi connectivity index (χ0) is 89.3. The van der Waals surface area contributed by atoms with Crippen molar-refractivity contribution < 1.29 is 72.5 Å². The third-order valence-corrected chi connectivity index (χ3v) is 23.7. The quantitative estimate of drug-likeness (QED) is 0.0458. The van der Waals surface area contributed by atoms with Gasteiger partial charge in [-0.05, 0) is 156 Å². The van der Waals surface area contributed by atoms with Crippen molar-refractivity contribution in [3.05, 3.63) is 142 Å². The fourth-order valence-corrected chi connectivity index (χ4v) is 17.4. The molecule has 3 amide bonds. The summed E-state index contributed by atoms with van der Waals surface area (Å²) in [5.74, 6) is 0.407. The summed E-state index contributed by atoms with van der Waals surface area (Å²) in [7, 11) is 4.08. The predicted molar refractivity (Wildman–Crippen MR) is 456 cm³/mol. The number of ether oxygens (including phenoxy) is 3. The number of aromatic nitrogens is 9. The number of carbonyl (C=O) groups excluding carboxylic acids is 3. The normalized spacial score (nSPS) is 19.8. The molecule has 4 unspecified atom stereocenters. The number of rotatable bonds is 18. The molecule has 9 aromatic rings. The minimum Gasteiger partial charge on any atom is -0.462 e. The van der Waals surface area contributed by atoms with Gasteiger partial charge in [-0.2, -0.15) is 69.4 Å². The number of benzene rings is 3. The number of anilines is 6. The van der Waals surface area contributed by atoms with Crippen molar-refractivity contribution in [2.45, 2.75) is 96.1 Å². The number of pyridine rings is 3. The number of amides is 3. The summed E-state index contributed by atoms with van der Waals surface area (Å²) in [5, 5.41) is 4.33. The van der Waals surface area contributed by atoms with Crippen LogP contribution in [-0.4, -0.2) is 237 Å². The number of likely N-dealkylation sites (tertiary alicyclic amines) is 2. The molecule has 0 radical (unpaired) electrons. The number of carbonyl (C=O) groups is 3. The van der Waals surface area contributed by atoms with Gasteiger partial charge in [-0.1, -0.05) is 68.4 Å². The molecule has 6 aliphatic rings. The summed E-state index contributed by atoms with van der Waals surface area (Å²) in [4.78, 5) is 91.1. The van der Waals surface area contributed by atoms with Crippen LogP contribution in [0.15, 0.2) is 98.6 Å². The maximum atomic E-state index is 16.5. The number of piperazine rings is 3. The van der Waals surface area contributed by atoms with Crippen molar-refractivity contribution in [2.75, 3.05) is 157 Å². The topological polar surface area (TPSA) is 311 Å². The first-order valence-electron chi connectivity index (χ1n) is 40.1. The summed E-state index contributed by atoms with van der Waals surface area (Å²) < 4.78 is 160. The lowest BCUT2D eigenvalue weighted by molar-refractivity contribution is -0.138. The highest BCUT2D eigenvalue weighted by atomic mass is 35.5. The average Bonchev–Trinajstić information content (AvgIpc) is 1.04. The smallest absolute Gasteiger partial charge is 0.418 e. The second-order valence-corrected chi connectivity index (χ2v) is 32.9. The molecule has 6 aromatic heterocycles. The number of alkyl halides is 9.